The molecule has 0 N–H and O–H groups in total. The first-order chi connectivity index (χ1) is 34.9. The summed E-state index contributed by atoms with van der Waals surface area (Å²) in [6.45, 7) is 31.6. The Kier molecular flexibility index (Phi) is 12.8. The van der Waals surface area contributed by atoms with Gasteiger partial charge >= 0.3 is 16.5 Å². The maximum absolute atomic E-state index is 7.66. The van der Waals surface area contributed by atoms with Crippen LogP contribution in [0.4, 0.5) is 0 Å². The third kappa shape index (κ3) is 9.19. The predicted molar refractivity (Wildman–Crippen MR) is 309 cm³/mol. The summed E-state index contributed by atoms with van der Waals surface area (Å²) < 4.78 is 54.9. The van der Waals surface area contributed by atoms with E-state index in [4.69, 9.17) is 35.3 Å². The lowest BCUT2D eigenvalue weighted by Gasteiger charge is -2.34. The third-order valence-corrected chi connectivity index (χ3v) is 16.3. The number of rotatable bonds is 7. The van der Waals surface area contributed by atoms with Crippen LogP contribution in [0.5, 0.6) is 23.0 Å². The first-order valence-corrected chi connectivity index (χ1v) is 27.6. The van der Waals surface area contributed by atoms with Crippen LogP contribution in [-0.4, -0.2) is 14.2 Å². The number of hydrogen-bond acceptors (Lipinski definition) is 8. The van der Waals surface area contributed by atoms with Crippen molar-refractivity contribution in [3.63, 3.8) is 0 Å². The van der Waals surface area contributed by atoms with E-state index in [9.17, 15) is 0 Å². The topological polar surface area (TPSA) is 89.5 Å². The zero-order valence-corrected chi connectivity index (χ0v) is 47.5. The van der Waals surface area contributed by atoms with Gasteiger partial charge in [0.25, 0.3) is 0 Å². The lowest BCUT2D eigenvalue weighted by molar-refractivity contribution is 0.415. The van der Waals surface area contributed by atoms with Crippen molar-refractivity contribution >= 4 is 81.9 Å². The maximum Gasteiger partial charge on any atom is 0.453 e. The van der Waals surface area contributed by atoms with Gasteiger partial charge in [0, 0.05) is 43.8 Å². The molecule has 10 aromatic rings. The fraction of sp³-hybridized carbons (Fsp3) is 0.312. The van der Waals surface area contributed by atoms with E-state index in [-0.39, 0.29) is 10.8 Å². The quantitative estimate of drug-likeness (QED) is 0.156. The number of fused-ring (bicyclic) bond motifs is 10. The molecule has 0 fully saturated rings. The summed E-state index contributed by atoms with van der Waals surface area (Å²) in [5, 5.41) is 7.92. The SMILES string of the molecule is COc1ccc2op(Oc3c(C(C)(C)C)cc(C(C)(C)C)c(C)c3-c3c(C)c(C(C)(C)C)cc(C(C)(C)C)c3Op3oc4ccc5ccccc5c4c4c(ccc5ccccc54)o3)oc3ccc(OC)cc3c2c1. The Morgan fingerprint density at radius 3 is 1.05 bits per heavy atom. The van der Waals surface area contributed by atoms with Crippen LogP contribution < -0.4 is 18.5 Å². The van der Waals surface area contributed by atoms with Gasteiger partial charge in [-0.2, -0.15) is 0 Å². The van der Waals surface area contributed by atoms with E-state index in [1.807, 2.05) is 36.4 Å². The molecule has 74 heavy (non-hydrogen) atoms. The second kappa shape index (κ2) is 18.6. The molecule has 0 aliphatic heterocycles. The summed E-state index contributed by atoms with van der Waals surface area (Å²) in [4.78, 5) is 0. The average molecular weight is 1030 g/mol. The van der Waals surface area contributed by atoms with Crippen molar-refractivity contribution in [2.24, 2.45) is 0 Å². The van der Waals surface area contributed by atoms with Crippen LogP contribution in [0, 0.1) is 13.8 Å². The molecule has 0 unspecified atom stereocenters. The molecule has 10 rings (SSSR count). The van der Waals surface area contributed by atoms with Gasteiger partial charge in [-0.05, 0) is 128 Å². The molecule has 0 bridgehead atoms. The highest BCUT2D eigenvalue weighted by Crippen LogP contribution is 2.57. The molecule has 382 valence electrons. The largest absolute Gasteiger partial charge is 0.497 e. The summed E-state index contributed by atoms with van der Waals surface area (Å²) in [5.41, 5.74) is 9.53. The molecule has 2 heterocycles. The molecule has 0 spiro atoms. The Morgan fingerprint density at radius 2 is 0.703 bits per heavy atom. The van der Waals surface area contributed by atoms with E-state index >= 15 is 0 Å². The molecular weight excluding hydrogens is 959 g/mol. The molecule has 8 aromatic carbocycles. The summed E-state index contributed by atoms with van der Waals surface area (Å²) >= 11 is 0. The Balaban J connectivity index is 1.35. The van der Waals surface area contributed by atoms with Crippen LogP contribution in [0.3, 0.4) is 0 Å². The van der Waals surface area contributed by atoms with Gasteiger partial charge in [0.05, 0.1) is 14.2 Å². The molecular formula is C64H68O8P2. The first kappa shape index (κ1) is 50.8. The summed E-state index contributed by atoms with van der Waals surface area (Å²) in [6.07, 6.45) is 0. The molecule has 0 atom stereocenters. The van der Waals surface area contributed by atoms with Crippen molar-refractivity contribution in [3.05, 3.63) is 155 Å². The number of methoxy groups -OCH3 is 2. The van der Waals surface area contributed by atoms with Crippen LogP contribution in [0.25, 0.3) is 76.5 Å². The van der Waals surface area contributed by atoms with Crippen LogP contribution in [-0.2, 0) is 21.7 Å². The van der Waals surface area contributed by atoms with Crippen LogP contribution in [0.1, 0.15) is 116 Å². The van der Waals surface area contributed by atoms with Crippen molar-refractivity contribution in [1.29, 1.82) is 0 Å². The maximum atomic E-state index is 7.66. The minimum Gasteiger partial charge on any atom is -0.497 e. The predicted octanol–water partition coefficient (Wildman–Crippen LogP) is 20.4. The molecule has 0 saturated carbocycles. The summed E-state index contributed by atoms with van der Waals surface area (Å²) in [6, 6.07) is 41.5. The van der Waals surface area contributed by atoms with E-state index < -0.39 is 27.3 Å². The smallest absolute Gasteiger partial charge is 0.453 e. The van der Waals surface area contributed by atoms with Gasteiger partial charge in [-0.1, -0.05) is 156 Å². The number of ether oxygens (including phenoxy) is 2. The van der Waals surface area contributed by atoms with Gasteiger partial charge in [0.1, 0.15) is 45.3 Å². The number of benzene rings is 8. The van der Waals surface area contributed by atoms with Gasteiger partial charge in [0.2, 0.25) is 0 Å². The summed E-state index contributed by atoms with van der Waals surface area (Å²) in [5.74, 6) is 2.70. The van der Waals surface area contributed by atoms with Crippen LogP contribution in [0.15, 0.2) is 138 Å². The van der Waals surface area contributed by atoms with Crippen molar-refractivity contribution in [3.8, 4) is 34.1 Å². The lowest BCUT2D eigenvalue weighted by atomic mass is 9.72. The highest BCUT2D eigenvalue weighted by molar-refractivity contribution is 7.32. The average Bonchev–Trinajstić information content (AvgIpc) is 3.60. The van der Waals surface area contributed by atoms with Gasteiger partial charge in [-0.3, -0.25) is 0 Å². The second-order valence-corrected chi connectivity index (χ2v) is 25.6. The first-order valence-electron chi connectivity index (χ1n) is 25.4. The van der Waals surface area contributed by atoms with Gasteiger partial charge < -0.3 is 35.3 Å². The zero-order chi connectivity index (χ0) is 52.8. The fourth-order valence-corrected chi connectivity index (χ4v) is 12.8. The number of hydrogen-bond donors (Lipinski definition) is 0. The van der Waals surface area contributed by atoms with Crippen LogP contribution in [0.2, 0.25) is 0 Å². The standard InChI is InChI=1S/C64H68O8P2/c1-37-47(61(3,4)5)35-49(63(9,10)11)59(71-73-67-51-31-27-41(65-15)33-45(51)46-34-42(66-16)28-32-52(46)68-73)55(37)56-38(2)48(62(6,7)8)36-50(64(12,13)14)60(56)72-74-69-53-29-25-39-21-17-19-23-43(39)57(53)58-44-24-20-18-22-40(44)26-30-54(58)70-74/h17-36H,1-16H3. The van der Waals surface area contributed by atoms with Crippen LogP contribution >= 0.6 is 16.5 Å². The van der Waals surface area contributed by atoms with Crippen molar-refractivity contribution in [1.82, 2.24) is 0 Å². The van der Waals surface area contributed by atoms with E-state index in [1.54, 1.807) is 14.2 Å². The molecule has 0 aliphatic carbocycles. The highest BCUT2D eigenvalue weighted by Gasteiger charge is 2.37. The van der Waals surface area contributed by atoms with E-state index in [2.05, 4.69) is 182 Å². The minimum absolute atomic E-state index is 0.269. The van der Waals surface area contributed by atoms with E-state index in [1.165, 1.54) is 11.1 Å². The molecule has 10 heteroatoms. The Hall–Kier alpha value is -6.72. The minimum atomic E-state index is -2.15. The Bertz CT molecular complexity index is 3780. The van der Waals surface area contributed by atoms with E-state index in [0.717, 1.165) is 76.5 Å². The second-order valence-electron chi connectivity index (χ2n) is 23.6. The Morgan fingerprint density at radius 1 is 0.365 bits per heavy atom. The molecule has 0 amide bonds. The van der Waals surface area contributed by atoms with Crippen molar-refractivity contribution in [2.45, 2.75) is 119 Å². The molecule has 0 radical (unpaired) electrons. The molecule has 0 aliphatic rings. The summed E-state index contributed by atoms with van der Waals surface area (Å²) in [7, 11) is -0.982. The van der Waals surface area contributed by atoms with E-state index in [0.29, 0.717) is 45.3 Å². The monoisotopic (exact) mass is 1030 g/mol. The molecule has 0 saturated heterocycles. The normalized spacial score (nSPS) is 12.6. The van der Waals surface area contributed by atoms with Gasteiger partial charge in [-0.15, -0.1) is 0 Å². The van der Waals surface area contributed by atoms with Gasteiger partial charge in [-0.25, -0.2) is 0 Å². The highest BCUT2D eigenvalue weighted by atomic mass is 31.1. The molecule has 2 aromatic heterocycles. The van der Waals surface area contributed by atoms with Crippen molar-refractivity contribution in [2.75, 3.05) is 14.2 Å². The van der Waals surface area contributed by atoms with Crippen molar-refractivity contribution < 1.29 is 35.3 Å². The zero-order valence-electron chi connectivity index (χ0n) is 45.7. The molecule has 8 nitrogen and oxygen atoms in total. The lowest BCUT2D eigenvalue weighted by Crippen LogP contribution is -2.22. The fourth-order valence-electron chi connectivity index (χ4n) is 10.6. The van der Waals surface area contributed by atoms with Gasteiger partial charge in [0.15, 0.2) is 0 Å². The third-order valence-electron chi connectivity index (χ3n) is 14.3. The Labute approximate surface area is 436 Å².